The number of nitrogens with one attached hydrogen (secondary N) is 4. The fourth-order valence-corrected chi connectivity index (χ4v) is 7.24. The van der Waals surface area contributed by atoms with Gasteiger partial charge in [-0.2, -0.15) is 9.37 Å². The molecule has 20 heteroatoms. The van der Waals surface area contributed by atoms with Crippen molar-refractivity contribution in [1.82, 2.24) is 19.9 Å². The fraction of sp³-hybridized carbons (Fsp3) is 0.0370. The van der Waals surface area contributed by atoms with E-state index < -0.39 is 53.6 Å². The zero-order valence-electron chi connectivity index (χ0n) is 23.2. The number of nitrogens with zero attached hydrogens (tertiary/aromatic N) is 2. The molecule has 4 N–H and O–H groups in total. The molecule has 0 aliphatic heterocycles. The Kier molecular flexibility index (Phi) is 9.73. The van der Waals surface area contributed by atoms with Crippen LogP contribution in [-0.4, -0.2) is 43.9 Å². The highest BCUT2D eigenvalue weighted by atomic mass is 35.5. The molecule has 0 aliphatic carbocycles. The molecule has 4 aromatic heterocycles. The molecule has 0 amide bonds. The highest BCUT2D eigenvalue weighted by Gasteiger charge is 2.24. The lowest BCUT2D eigenvalue weighted by Gasteiger charge is -2.11. The zero-order chi connectivity index (χ0) is 34.3. The molecule has 0 unspecified atom stereocenters. The third-order valence-electron chi connectivity index (χ3n) is 6.26. The van der Waals surface area contributed by atoms with Gasteiger partial charge in [-0.3, -0.25) is 9.44 Å². The summed E-state index contributed by atoms with van der Waals surface area (Å²) in [6.45, 7) is 0. The van der Waals surface area contributed by atoms with Gasteiger partial charge in [-0.1, -0.05) is 46.4 Å². The summed E-state index contributed by atoms with van der Waals surface area (Å²) in [5.41, 5.74) is 0.229. The summed E-state index contributed by atoms with van der Waals surface area (Å²) in [5.74, 6) is -3.30. The quantitative estimate of drug-likeness (QED) is 0.121. The molecule has 0 atom stereocenters. The van der Waals surface area contributed by atoms with E-state index in [0.29, 0.717) is 37.9 Å². The number of ether oxygens (including phenoxy) is 1. The standard InChI is InChI=1S/C14H10Cl2FN3O3S.C13H7Cl2F2N3O2S/c1-23-14-11(5-9(17)13(16)19-14)20-24(21,22)12-6-18-10-4-7(15)2-3-8(10)12;14-6-1-2-7-9(3-6)18-5-11(7)23(21,22)20-10-4-8(16)12(15)19-13(10)17/h2-6,18,20H,1H3;1-5,18,20H. The average Bonchev–Trinajstić information content (AvgIpc) is 3.62. The Morgan fingerprint density at radius 2 is 1.13 bits per heavy atom. The van der Waals surface area contributed by atoms with Crippen LogP contribution in [0.4, 0.5) is 24.5 Å². The summed E-state index contributed by atoms with van der Waals surface area (Å²) in [7, 11) is -6.94. The maximum absolute atomic E-state index is 13.7. The van der Waals surface area contributed by atoms with Gasteiger partial charge in [-0.25, -0.2) is 30.6 Å². The monoisotopic (exact) mass is 766 g/mol. The highest BCUT2D eigenvalue weighted by Crippen LogP contribution is 2.32. The molecule has 0 radical (unpaired) electrons. The number of halogens is 7. The number of aromatic amines is 2. The smallest absolute Gasteiger partial charge is 0.264 e. The molecule has 0 aliphatic rings. The Labute approximate surface area is 284 Å². The number of fused-ring (bicyclic) bond motifs is 2. The topological polar surface area (TPSA) is 159 Å². The predicted molar refractivity (Wildman–Crippen MR) is 173 cm³/mol. The van der Waals surface area contributed by atoms with Crippen molar-refractivity contribution < 1.29 is 34.7 Å². The van der Waals surface area contributed by atoms with Crippen LogP contribution in [0.15, 0.2) is 70.7 Å². The Morgan fingerprint density at radius 1 is 0.681 bits per heavy atom. The van der Waals surface area contributed by atoms with Gasteiger partial charge in [0.05, 0.1) is 7.11 Å². The zero-order valence-corrected chi connectivity index (χ0v) is 27.8. The van der Waals surface area contributed by atoms with Gasteiger partial charge in [0.1, 0.15) is 21.2 Å². The third kappa shape index (κ3) is 7.32. The van der Waals surface area contributed by atoms with Gasteiger partial charge in [0.2, 0.25) is 11.8 Å². The molecular formula is C27H17Cl4F3N6O5S2. The first-order valence-electron chi connectivity index (χ1n) is 12.6. The van der Waals surface area contributed by atoms with Gasteiger partial charge in [0.25, 0.3) is 20.0 Å². The van der Waals surface area contributed by atoms with Crippen LogP contribution < -0.4 is 14.2 Å². The van der Waals surface area contributed by atoms with Crippen molar-refractivity contribution in [2.75, 3.05) is 16.6 Å². The molecule has 11 nitrogen and oxygen atoms in total. The fourth-order valence-electron chi connectivity index (χ4n) is 4.18. The average molecular weight is 768 g/mol. The van der Waals surface area contributed by atoms with Gasteiger partial charge >= 0.3 is 0 Å². The van der Waals surface area contributed by atoms with Gasteiger partial charge in [-0.05, 0) is 36.4 Å². The summed E-state index contributed by atoms with van der Waals surface area (Å²) in [4.78, 5) is 12.1. The largest absolute Gasteiger partial charge is 0.479 e. The number of H-pyrrole nitrogens is 2. The number of pyridine rings is 2. The van der Waals surface area contributed by atoms with Gasteiger partial charge in [0.15, 0.2) is 21.9 Å². The third-order valence-corrected chi connectivity index (χ3v) is 10.1. The van der Waals surface area contributed by atoms with E-state index in [4.69, 9.17) is 51.1 Å². The first-order chi connectivity index (χ1) is 22.1. The predicted octanol–water partition coefficient (Wildman–Crippen LogP) is 7.77. The number of methoxy groups -OCH3 is 1. The number of aromatic nitrogens is 4. The molecular weight excluding hydrogens is 751 g/mol. The summed E-state index contributed by atoms with van der Waals surface area (Å²) in [6, 6.07) is 10.8. The van der Waals surface area contributed by atoms with E-state index in [9.17, 15) is 30.0 Å². The first kappa shape index (κ1) is 34.4. The Morgan fingerprint density at radius 3 is 1.62 bits per heavy atom. The molecule has 6 aromatic rings. The summed E-state index contributed by atoms with van der Waals surface area (Å²) in [5, 5.41) is 0.569. The van der Waals surface area contributed by atoms with Crippen molar-refractivity contribution in [3.05, 3.63) is 98.9 Å². The number of benzene rings is 2. The van der Waals surface area contributed by atoms with Crippen LogP contribution in [0.5, 0.6) is 5.88 Å². The number of hydrogen-bond donors (Lipinski definition) is 4. The van der Waals surface area contributed by atoms with Crippen LogP contribution in [0.1, 0.15) is 0 Å². The highest BCUT2D eigenvalue weighted by molar-refractivity contribution is 7.93. The van der Waals surface area contributed by atoms with Crippen LogP contribution >= 0.6 is 46.4 Å². The molecule has 246 valence electrons. The lowest BCUT2D eigenvalue weighted by Crippen LogP contribution is -2.14. The second-order valence-electron chi connectivity index (χ2n) is 9.31. The molecule has 4 heterocycles. The number of hydrogen-bond acceptors (Lipinski definition) is 7. The number of rotatable bonds is 7. The SMILES string of the molecule is COc1nc(Cl)c(F)cc1NS(=O)(=O)c1c[nH]c2cc(Cl)ccc12.O=S(=O)(Nc1cc(F)c(Cl)nc1F)c1c[nH]c2cc(Cl)ccc12. The van der Waals surface area contributed by atoms with Crippen LogP contribution in [0.2, 0.25) is 20.4 Å². The van der Waals surface area contributed by atoms with Crippen LogP contribution in [0.25, 0.3) is 21.8 Å². The maximum Gasteiger partial charge on any atom is 0.264 e. The van der Waals surface area contributed by atoms with E-state index in [1.807, 2.05) is 4.72 Å². The van der Waals surface area contributed by atoms with Crippen LogP contribution in [-0.2, 0) is 20.0 Å². The lowest BCUT2D eigenvalue weighted by molar-refractivity contribution is 0.398. The van der Waals surface area contributed by atoms with E-state index >= 15 is 0 Å². The van der Waals surface area contributed by atoms with Gasteiger partial charge in [-0.15, -0.1) is 0 Å². The Bertz CT molecular complexity index is 2390. The summed E-state index contributed by atoms with van der Waals surface area (Å²) >= 11 is 22.6. The van der Waals surface area contributed by atoms with E-state index in [1.54, 1.807) is 24.3 Å². The summed E-state index contributed by atoms with van der Waals surface area (Å²) < 4.78 is 99.8. The van der Waals surface area contributed by atoms with Crippen molar-refractivity contribution in [3.8, 4) is 5.88 Å². The van der Waals surface area contributed by atoms with Crippen molar-refractivity contribution in [3.63, 3.8) is 0 Å². The minimum absolute atomic E-state index is 0.0217. The van der Waals surface area contributed by atoms with E-state index in [2.05, 4.69) is 24.7 Å². The van der Waals surface area contributed by atoms with Crippen molar-refractivity contribution >= 4 is 99.6 Å². The van der Waals surface area contributed by atoms with Crippen LogP contribution in [0.3, 0.4) is 0 Å². The lowest BCUT2D eigenvalue weighted by atomic mass is 10.2. The second-order valence-corrected chi connectivity index (χ2v) is 14.2. The van der Waals surface area contributed by atoms with E-state index in [0.717, 1.165) is 6.07 Å². The van der Waals surface area contributed by atoms with Gasteiger partial charge < -0.3 is 14.7 Å². The Hall–Kier alpha value is -3.93. The Balaban J connectivity index is 0.000000185. The molecule has 0 fully saturated rings. The minimum atomic E-state index is -4.18. The molecule has 0 bridgehead atoms. The van der Waals surface area contributed by atoms with E-state index in [-0.39, 0.29) is 21.4 Å². The number of sulfonamides is 2. The molecule has 47 heavy (non-hydrogen) atoms. The number of anilines is 2. The molecule has 0 saturated heterocycles. The maximum atomic E-state index is 13.7. The minimum Gasteiger partial charge on any atom is -0.479 e. The van der Waals surface area contributed by atoms with Crippen LogP contribution in [0, 0.1) is 17.6 Å². The second kappa shape index (κ2) is 13.3. The van der Waals surface area contributed by atoms with Crippen molar-refractivity contribution in [1.29, 1.82) is 0 Å². The molecule has 0 spiro atoms. The van der Waals surface area contributed by atoms with Crippen molar-refractivity contribution in [2.45, 2.75) is 9.79 Å². The summed E-state index contributed by atoms with van der Waals surface area (Å²) in [6.07, 6.45) is 2.54. The normalized spacial score (nSPS) is 11.7. The molecule has 6 rings (SSSR count). The van der Waals surface area contributed by atoms with Gasteiger partial charge in [0, 0.05) is 56.4 Å². The van der Waals surface area contributed by atoms with Crippen molar-refractivity contribution in [2.24, 2.45) is 0 Å². The molecule has 2 aromatic carbocycles. The molecule has 0 saturated carbocycles. The van der Waals surface area contributed by atoms with E-state index in [1.165, 1.54) is 31.6 Å². The first-order valence-corrected chi connectivity index (χ1v) is 17.1.